The number of hydrogen-bond acceptors (Lipinski definition) is 2. The van der Waals surface area contributed by atoms with Crippen LogP contribution in [0.1, 0.15) is 36.8 Å². The number of benzene rings is 8. The van der Waals surface area contributed by atoms with Crippen molar-refractivity contribution in [3.63, 3.8) is 0 Å². The highest BCUT2D eigenvalue weighted by atomic mass is 16.3. The van der Waals surface area contributed by atoms with Crippen LogP contribution in [0.5, 0.6) is 0 Å². The number of hydrogen-bond donors (Lipinski definition) is 0. The van der Waals surface area contributed by atoms with E-state index in [1.807, 2.05) is 0 Å². The number of fused-ring (bicyclic) bond motifs is 12. The van der Waals surface area contributed by atoms with Crippen LogP contribution in [0, 0.1) is 29.1 Å². The second-order valence-electron chi connectivity index (χ2n) is 18.1. The minimum Gasteiger partial charge on any atom is -0.456 e. The molecule has 2 bridgehead atoms. The third-order valence-electron chi connectivity index (χ3n) is 15.9. The summed E-state index contributed by atoms with van der Waals surface area (Å²) in [6, 6.07) is 65.6. The molecule has 5 aliphatic rings. The summed E-state index contributed by atoms with van der Waals surface area (Å²) < 4.78 is 6.52. The van der Waals surface area contributed by atoms with Crippen LogP contribution in [0.4, 0.5) is 17.1 Å². The Bertz CT molecular complexity index is 3170. The summed E-state index contributed by atoms with van der Waals surface area (Å²) in [7, 11) is 0. The lowest BCUT2D eigenvalue weighted by Gasteiger charge is -2.76. The average Bonchev–Trinajstić information content (AvgIpc) is 4.01. The molecule has 58 heavy (non-hydrogen) atoms. The van der Waals surface area contributed by atoms with Crippen molar-refractivity contribution in [3.05, 3.63) is 187 Å². The van der Waals surface area contributed by atoms with Crippen LogP contribution in [0.15, 0.2) is 180 Å². The first-order chi connectivity index (χ1) is 28.7. The van der Waals surface area contributed by atoms with Gasteiger partial charge in [0.15, 0.2) is 0 Å². The molecule has 276 valence electrons. The third-order valence-corrected chi connectivity index (χ3v) is 15.9. The largest absolute Gasteiger partial charge is 0.456 e. The molecule has 0 radical (unpaired) electrons. The van der Waals surface area contributed by atoms with E-state index in [2.05, 4.69) is 181 Å². The molecule has 6 unspecified atom stereocenters. The predicted molar refractivity (Wildman–Crippen MR) is 238 cm³/mol. The van der Waals surface area contributed by atoms with Gasteiger partial charge in [-0.3, -0.25) is 0 Å². The van der Waals surface area contributed by atoms with Gasteiger partial charge in [0, 0.05) is 39.3 Å². The van der Waals surface area contributed by atoms with Gasteiger partial charge in [0.05, 0.1) is 0 Å². The van der Waals surface area contributed by atoms with Crippen molar-refractivity contribution in [1.29, 1.82) is 0 Å². The molecule has 1 aromatic heterocycles. The van der Waals surface area contributed by atoms with Gasteiger partial charge in [-0.05, 0) is 153 Å². The smallest absolute Gasteiger partial charge is 0.137 e. The van der Waals surface area contributed by atoms with Gasteiger partial charge in [-0.2, -0.15) is 0 Å². The summed E-state index contributed by atoms with van der Waals surface area (Å²) in [5.74, 6) is 3.39. The first-order valence-electron chi connectivity index (χ1n) is 21.3. The lowest BCUT2D eigenvalue weighted by Crippen LogP contribution is -2.73. The van der Waals surface area contributed by atoms with Gasteiger partial charge in [0.2, 0.25) is 0 Å². The molecule has 9 aromatic rings. The SMILES string of the molecule is c1ccc(-c2cccc3c2-c2cc(N(c4ccc(-c5cccc6ccccc56)cc4)c4ccc5c(c4)oc4ccccc45)ccc2C32C3CC4CC5CC2C53C4)cc1. The first kappa shape index (κ1) is 31.7. The molecule has 2 nitrogen and oxygen atoms in total. The Labute approximate surface area is 338 Å². The molecule has 4 saturated carbocycles. The van der Waals surface area contributed by atoms with Gasteiger partial charge >= 0.3 is 0 Å². The topological polar surface area (TPSA) is 16.4 Å². The van der Waals surface area contributed by atoms with E-state index in [1.165, 1.54) is 75.5 Å². The summed E-state index contributed by atoms with van der Waals surface area (Å²) in [6.07, 6.45) is 5.75. The summed E-state index contributed by atoms with van der Waals surface area (Å²) in [5, 5.41) is 4.83. The minimum absolute atomic E-state index is 0.123. The van der Waals surface area contributed by atoms with Crippen molar-refractivity contribution in [1.82, 2.24) is 0 Å². The monoisotopic (exact) mass is 743 g/mol. The Morgan fingerprint density at radius 2 is 1.16 bits per heavy atom. The lowest BCUT2D eigenvalue weighted by molar-refractivity contribution is -0.231. The standard InChI is InChI=1S/C56H41NO/c1-2-10-36(11-3-1)44-17-9-18-49-54(44)47-31-40(25-27-48(47)56(49)52-29-34-28-38-30-53(56)55(38,52)33-34)57(41-24-26-46-45-15-6-7-19-50(45)58-51(46)32-41)39-22-20-37(21-23-39)43-16-8-13-35-12-4-5-14-42(35)43/h1-27,31-32,34,38,52-53H,28-30,33H2. The number of para-hydroxylation sites is 1. The molecular weight excluding hydrogens is 703 g/mol. The van der Waals surface area contributed by atoms with E-state index < -0.39 is 0 Å². The van der Waals surface area contributed by atoms with Crippen molar-refractivity contribution in [2.45, 2.75) is 31.1 Å². The van der Waals surface area contributed by atoms with E-state index in [-0.39, 0.29) is 5.41 Å². The number of anilines is 3. The van der Waals surface area contributed by atoms with E-state index in [0.717, 1.165) is 57.0 Å². The molecule has 0 saturated heterocycles. The van der Waals surface area contributed by atoms with Gasteiger partial charge in [-0.25, -0.2) is 0 Å². The van der Waals surface area contributed by atoms with Crippen molar-refractivity contribution < 1.29 is 4.42 Å². The minimum atomic E-state index is 0.123. The Morgan fingerprint density at radius 1 is 0.466 bits per heavy atom. The fourth-order valence-electron chi connectivity index (χ4n) is 14.0. The van der Waals surface area contributed by atoms with Crippen LogP contribution < -0.4 is 4.90 Å². The van der Waals surface area contributed by atoms with Gasteiger partial charge < -0.3 is 9.32 Å². The molecule has 14 rings (SSSR count). The Balaban J connectivity index is 0.977. The number of nitrogens with zero attached hydrogens (tertiary/aromatic N) is 1. The zero-order valence-electron chi connectivity index (χ0n) is 32.2. The van der Waals surface area contributed by atoms with E-state index in [9.17, 15) is 0 Å². The highest BCUT2D eigenvalue weighted by Gasteiger charge is 2.84. The molecule has 1 heterocycles. The fourth-order valence-corrected chi connectivity index (χ4v) is 14.0. The van der Waals surface area contributed by atoms with E-state index >= 15 is 0 Å². The summed E-state index contributed by atoms with van der Waals surface area (Å²) in [5.41, 5.74) is 17.1. The maximum Gasteiger partial charge on any atom is 0.137 e. The zero-order chi connectivity index (χ0) is 37.7. The number of rotatable bonds is 5. The van der Waals surface area contributed by atoms with E-state index in [4.69, 9.17) is 4.42 Å². The molecule has 2 spiro atoms. The average molecular weight is 744 g/mol. The molecule has 2 heteroatoms. The Hall–Kier alpha value is -6.38. The summed E-state index contributed by atoms with van der Waals surface area (Å²) >= 11 is 0. The van der Waals surface area contributed by atoms with Gasteiger partial charge in [-0.1, -0.05) is 127 Å². The lowest BCUT2D eigenvalue weighted by atomic mass is 9.27. The van der Waals surface area contributed by atoms with Crippen molar-refractivity contribution in [2.75, 3.05) is 4.90 Å². The maximum absolute atomic E-state index is 6.52. The summed E-state index contributed by atoms with van der Waals surface area (Å²) in [4.78, 5) is 2.45. The Morgan fingerprint density at radius 3 is 2.05 bits per heavy atom. The molecular formula is C56H41NO. The number of furan rings is 1. The molecule has 4 fully saturated rings. The van der Waals surface area contributed by atoms with Crippen molar-refractivity contribution in [2.24, 2.45) is 29.1 Å². The fraction of sp³-hybridized carbons (Fsp3) is 0.179. The summed E-state index contributed by atoms with van der Waals surface area (Å²) in [6.45, 7) is 0. The van der Waals surface area contributed by atoms with E-state index in [0.29, 0.717) is 5.41 Å². The van der Waals surface area contributed by atoms with Crippen molar-refractivity contribution in [3.8, 4) is 33.4 Å². The first-order valence-corrected chi connectivity index (χ1v) is 21.3. The molecule has 8 aromatic carbocycles. The van der Waals surface area contributed by atoms with Gasteiger partial charge in [-0.15, -0.1) is 0 Å². The predicted octanol–water partition coefficient (Wildman–Crippen LogP) is 14.9. The van der Waals surface area contributed by atoms with Crippen LogP contribution in [-0.2, 0) is 5.41 Å². The van der Waals surface area contributed by atoms with Crippen molar-refractivity contribution >= 4 is 49.8 Å². The zero-order valence-corrected chi connectivity index (χ0v) is 32.2. The maximum atomic E-state index is 6.52. The Kier molecular flexibility index (Phi) is 6.10. The van der Waals surface area contributed by atoms with Crippen LogP contribution >= 0.6 is 0 Å². The van der Waals surface area contributed by atoms with E-state index in [1.54, 1.807) is 11.1 Å². The molecule has 6 atom stereocenters. The van der Waals surface area contributed by atoms with Crippen LogP contribution in [0.25, 0.3) is 66.1 Å². The quantitative estimate of drug-likeness (QED) is 0.175. The molecule has 0 amide bonds. The molecule has 0 aliphatic heterocycles. The van der Waals surface area contributed by atoms with Gasteiger partial charge in [0.25, 0.3) is 0 Å². The van der Waals surface area contributed by atoms with Crippen LogP contribution in [0.2, 0.25) is 0 Å². The third kappa shape index (κ3) is 3.85. The van der Waals surface area contributed by atoms with Crippen LogP contribution in [0.3, 0.4) is 0 Å². The van der Waals surface area contributed by atoms with Gasteiger partial charge in [0.1, 0.15) is 11.2 Å². The second kappa shape index (κ2) is 11.2. The highest BCUT2D eigenvalue weighted by molar-refractivity contribution is 6.06. The highest BCUT2D eigenvalue weighted by Crippen LogP contribution is 2.89. The molecule has 0 N–H and O–H groups in total. The normalized spacial score (nSPS) is 25.4. The van der Waals surface area contributed by atoms with Crippen LogP contribution in [-0.4, -0.2) is 0 Å². The second-order valence-corrected chi connectivity index (χ2v) is 18.1. The molecule has 5 aliphatic carbocycles.